The Morgan fingerprint density at radius 1 is 1.00 bits per heavy atom. The maximum absolute atomic E-state index is 14.5. The molecule has 35 heavy (non-hydrogen) atoms. The molecule has 184 valence electrons. The summed E-state index contributed by atoms with van der Waals surface area (Å²) in [5.41, 5.74) is 1.24. The Balaban J connectivity index is 1.35. The van der Waals surface area contributed by atoms with Gasteiger partial charge in [0.05, 0.1) is 4.90 Å². The van der Waals surface area contributed by atoms with Gasteiger partial charge in [0, 0.05) is 56.0 Å². The standard InChI is InChI=1S/C23H23FN4O6S/c24-14-11-17-18(13-28(23(17)32)19-5-6-21(30)25-22(19)31)20(12-14)26-7-9-27(10-8-26)35(33,34)16-3-1-15(29)2-4-16/h1-4,11-12,19,29H,5-10,13H2,(H,25,30,31). The number of halogens is 1. The number of carbonyl (C=O) groups is 3. The van der Waals surface area contributed by atoms with Crippen molar-refractivity contribution >= 4 is 33.4 Å². The molecule has 12 heteroatoms. The highest BCUT2D eigenvalue weighted by molar-refractivity contribution is 7.89. The van der Waals surface area contributed by atoms with Crippen LogP contribution < -0.4 is 10.2 Å². The number of carbonyl (C=O) groups excluding carboxylic acids is 3. The Morgan fingerprint density at radius 3 is 2.34 bits per heavy atom. The molecular formula is C23H23FN4O6S. The summed E-state index contributed by atoms with van der Waals surface area (Å²) < 4.78 is 41.8. The van der Waals surface area contributed by atoms with E-state index in [0.717, 1.165) is 6.07 Å². The fourth-order valence-corrected chi connectivity index (χ4v) is 6.25. The van der Waals surface area contributed by atoms with Crippen LogP contribution in [0, 0.1) is 5.82 Å². The number of sulfonamides is 1. The lowest BCUT2D eigenvalue weighted by Gasteiger charge is -2.36. The van der Waals surface area contributed by atoms with Crippen molar-refractivity contribution < 1.29 is 32.3 Å². The number of hydrogen-bond acceptors (Lipinski definition) is 7. The van der Waals surface area contributed by atoms with E-state index >= 15 is 0 Å². The van der Waals surface area contributed by atoms with Gasteiger partial charge in [0.1, 0.15) is 17.6 Å². The summed E-state index contributed by atoms with van der Waals surface area (Å²) in [6.45, 7) is 0.959. The highest BCUT2D eigenvalue weighted by atomic mass is 32.2. The van der Waals surface area contributed by atoms with Crippen molar-refractivity contribution in [1.29, 1.82) is 0 Å². The number of nitrogens with zero attached hydrogens (tertiary/aromatic N) is 3. The number of phenolic OH excluding ortho intramolecular Hbond substituents is 1. The summed E-state index contributed by atoms with van der Waals surface area (Å²) in [6, 6.07) is 6.96. The molecule has 3 aliphatic heterocycles. The Morgan fingerprint density at radius 2 is 1.69 bits per heavy atom. The molecule has 5 rings (SSSR count). The third-order valence-electron chi connectivity index (χ3n) is 6.65. The third kappa shape index (κ3) is 4.12. The van der Waals surface area contributed by atoms with Crippen LogP contribution in [0.5, 0.6) is 5.75 Å². The number of anilines is 1. The molecule has 2 aromatic rings. The molecule has 0 bridgehead atoms. The van der Waals surface area contributed by atoms with E-state index in [4.69, 9.17) is 0 Å². The van der Waals surface area contributed by atoms with Crippen molar-refractivity contribution in [3.05, 3.63) is 53.3 Å². The van der Waals surface area contributed by atoms with Crippen molar-refractivity contribution in [3.63, 3.8) is 0 Å². The lowest BCUT2D eigenvalue weighted by atomic mass is 10.0. The highest BCUT2D eigenvalue weighted by Crippen LogP contribution is 2.36. The molecule has 2 saturated heterocycles. The number of benzene rings is 2. The van der Waals surface area contributed by atoms with Gasteiger partial charge in [0.15, 0.2) is 0 Å². The van der Waals surface area contributed by atoms with Gasteiger partial charge in [0.25, 0.3) is 5.91 Å². The van der Waals surface area contributed by atoms with E-state index in [1.54, 1.807) is 0 Å². The molecule has 3 aliphatic rings. The minimum Gasteiger partial charge on any atom is -0.508 e. The maximum Gasteiger partial charge on any atom is 0.255 e. The fraction of sp³-hybridized carbons (Fsp3) is 0.348. The van der Waals surface area contributed by atoms with Crippen LogP contribution in [0.3, 0.4) is 0 Å². The van der Waals surface area contributed by atoms with Gasteiger partial charge in [-0.05, 0) is 42.8 Å². The molecular weight excluding hydrogens is 479 g/mol. The molecule has 0 radical (unpaired) electrons. The first-order valence-electron chi connectivity index (χ1n) is 11.2. The van der Waals surface area contributed by atoms with Gasteiger partial charge >= 0.3 is 0 Å². The van der Waals surface area contributed by atoms with E-state index in [2.05, 4.69) is 5.32 Å². The topological polar surface area (TPSA) is 127 Å². The summed E-state index contributed by atoms with van der Waals surface area (Å²) in [5.74, 6) is -2.03. The molecule has 3 amide bonds. The van der Waals surface area contributed by atoms with Crippen molar-refractivity contribution in [2.75, 3.05) is 31.1 Å². The number of nitrogens with one attached hydrogen (secondary N) is 1. The molecule has 2 fully saturated rings. The molecule has 2 aromatic carbocycles. The van der Waals surface area contributed by atoms with Crippen LogP contribution in [-0.4, -0.2) is 72.7 Å². The van der Waals surface area contributed by atoms with Gasteiger partial charge in [0.2, 0.25) is 21.8 Å². The van der Waals surface area contributed by atoms with E-state index in [9.17, 15) is 32.3 Å². The van der Waals surface area contributed by atoms with Crippen LogP contribution in [0.2, 0.25) is 0 Å². The predicted octanol–water partition coefficient (Wildman–Crippen LogP) is 0.803. The van der Waals surface area contributed by atoms with Crippen LogP contribution in [0.25, 0.3) is 0 Å². The van der Waals surface area contributed by atoms with E-state index in [0.29, 0.717) is 11.3 Å². The van der Waals surface area contributed by atoms with E-state index in [1.807, 2.05) is 4.90 Å². The van der Waals surface area contributed by atoms with Crippen LogP contribution in [0.1, 0.15) is 28.8 Å². The number of rotatable bonds is 4. The van der Waals surface area contributed by atoms with Crippen molar-refractivity contribution in [1.82, 2.24) is 14.5 Å². The van der Waals surface area contributed by atoms with Gasteiger partial charge in [-0.1, -0.05) is 0 Å². The second kappa shape index (κ2) is 8.61. The SMILES string of the molecule is O=C1CCC(N2Cc3c(cc(F)cc3N3CCN(S(=O)(=O)c4ccc(O)cc4)CC3)C2=O)C(=O)N1. The van der Waals surface area contributed by atoms with E-state index in [1.165, 1.54) is 39.5 Å². The zero-order valence-corrected chi connectivity index (χ0v) is 19.4. The first kappa shape index (κ1) is 23.2. The highest BCUT2D eigenvalue weighted by Gasteiger charge is 2.41. The average molecular weight is 503 g/mol. The third-order valence-corrected chi connectivity index (χ3v) is 8.56. The second-order valence-corrected chi connectivity index (χ2v) is 10.7. The van der Waals surface area contributed by atoms with Crippen LogP contribution in [0.15, 0.2) is 41.3 Å². The summed E-state index contributed by atoms with van der Waals surface area (Å²) in [7, 11) is -3.76. The number of imide groups is 1. The molecule has 0 aliphatic carbocycles. The molecule has 0 saturated carbocycles. The number of aromatic hydroxyl groups is 1. The largest absolute Gasteiger partial charge is 0.508 e. The number of fused-ring (bicyclic) bond motifs is 1. The minimum atomic E-state index is -3.76. The smallest absolute Gasteiger partial charge is 0.255 e. The van der Waals surface area contributed by atoms with Crippen LogP contribution in [0.4, 0.5) is 10.1 Å². The summed E-state index contributed by atoms with van der Waals surface area (Å²) in [5, 5.41) is 11.7. The van der Waals surface area contributed by atoms with E-state index < -0.39 is 33.7 Å². The average Bonchev–Trinajstić information content (AvgIpc) is 3.15. The number of piperazine rings is 1. The predicted molar refractivity (Wildman–Crippen MR) is 122 cm³/mol. The lowest BCUT2D eigenvalue weighted by molar-refractivity contribution is -0.136. The molecule has 1 atom stereocenters. The number of phenols is 1. The minimum absolute atomic E-state index is 0.0328. The van der Waals surface area contributed by atoms with Crippen molar-refractivity contribution in [3.8, 4) is 5.75 Å². The first-order chi connectivity index (χ1) is 16.6. The van der Waals surface area contributed by atoms with Crippen molar-refractivity contribution in [2.45, 2.75) is 30.3 Å². The van der Waals surface area contributed by atoms with Gasteiger partial charge in [-0.2, -0.15) is 4.31 Å². The number of amides is 3. The Hall–Kier alpha value is -3.51. The zero-order valence-electron chi connectivity index (χ0n) is 18.6. The zero-order chi connectivity index (χ0) is 24.9. The molecule has 2 N–H and O–H groups in total. The Kier molecular flexibility index (Phi) is 5.72. The monoisotopic (exact) mass is 502 g/mol. The van der Waals surface area contributed by atoms with Crippen molar-refractivity contribution in [2.24, 2.45) is 0 Å². The molecule has 0 spiro atoms. The fourth-order valence-electron chi connectivity index (χ4n) is 4.83. The maximum atomic E-state index is 14.5. The molecule has 10 nitrogen and oxygen atoms in total. The van der Waals surface area contributed by atoms with Crippen LogP contribution in [-0.2, 0) is 26.2 Å². The molecule has 1 unspecified atom stereocenters. The van der Waals surface area contributed by atoms with Gasteiger partial charge in [-0.15, -0.1) is 0 Å². The Bertz CT molecular complexity index is 1320. The van der Waals surface area contributed by atoms with Crippen LogP contribution >= 0.6 is 0 Å². The molecule has 3 heterocycles. The normalized spacial score (nSPS) is 21.3. The number of piperidine rings is 1. The van der Waals surface area contributed by atoms with Gasteiger partial charge in [-0.25, -0.2) is 12.8 Å². The van der Waals surface area contributed by atoms with E-state index in [-0.39, 0.29) is 67.7 Å². The Labute approximate surface area is 201 Å². The van der Waals surface area contributed by atoms with Gasteiger partial charge < -0.3 is 14.9 Å². The molecule has 0 aromatic heterocycles. The number of hydrogen-bond donors (Lipinski definition) is 2. The first-order valence-corrected chi connectivity index (χ1v) is 12.6. The van der Waals surface area contributed by atoms with Gasteiger partial charge in [-0.3, -0.25) is 19.7 Å². The second-order valence-electron chi connectivity index (χ2n) is 8.74. The lowest BCUT2D eigenvalue weighted by Crippen LogP contribution is -2.52. The summed E-state index contributed by atoms with van der Waals surface area (Å²) in [6.07, 6.45) is 0.325. The summed E-state index contributed by atoms with van der Waals surface area (Å²) in [4.78, 5) is 40.1. The quantitative estimate of drug-likeness (QED) is 0.592. The summed E-state index contributed by atoms with van der Waals surface area (Å²) >= 11 is 0.